The molecule has 0 saturated carbocycles. The molecule has 3 aromatic rings. The largest absolute Gasteiger partial charge is 0.497 e. The highest BCUT2D eigenvalue weighted by Crippen LogP contribution is 2.21. The number of hydrogen-bond donors (Lipinski definition) is 2. The summed E-state index contributed by atoms with van der Waals surface area (Å²) in [6.07, 6.45) is 0. The number of morpholine rings is 1. The van der Waals surface area contributed by atoms with Gasteiger partial charge in [-0.15, -0.1) is 0 Å². The van der Waals surface area contributed by atoms with Crippen molar-refractivity contribution in [3.05, 3.63) is 84.9 Å². The van der Waals surface area contributed by atoms with Crippen molar-refractivity contribution < 1.29 is 9.47 Å². The standard InChI is InChI=1S/C14H22N2O.C10H15N.C7H8O/c1-14(2,3)15-12-4-6-13(7-5-12)16-8-10-17-11-9-16;1-10(2,3)11-9-7-5-4-6-8-9;1-8-7-5-3-2-4-6-7/h4-7,15H,8-11H2,1-3H3;4-8,11H,1-3H3;2-6H,1H3. The zero-order valence-corrected chi connectivity index (χ0v) is 23.2. The molecule has 0 aliphatic carbocycles. The van der Waals surface area contributed by atoms with Gasteiger partial charge < -0.3 is 25.0 Å². The summed E-state index contributed by atoms with van der Waals surface area (Å²) < 4.78 is 10.3. The zero-order valence-electron chi connectivity index (χ0n) is 23.2. The average Bonchev–Trinajstić information content (AvgIpc) is 2.85. The minimum Gasteiger partial charge on any atom is -0.497 e. The first kappa shape index (κ1) is 29.1. The van der Waals surface area contributed by atoms with Crippen LogP contribution in [0.15, 0.2) is 84.9 Å². The van der Waals surface area contributed by atoms with Gasteiger partial charge in [-0.05, 0) is 90.1 Å². The quantitative estimate of drug-likeness (QED) is 0.400. The van der Waals surface area contributed by atoms with Gasteiger partial charge in [-0.2, -0.15) is 0 Å². The first-order valence-electron chi connectivity index (χ1n) is 12.7. The maximum atomic E-state index is 5.36. The van der Waals surface area contributed by atoms with Crippen LogP contribution in [0.25, 0.3) is 0 Å². The van der Waals surface area contributed by atoms with Crippen molar-refractivity contribution in [2.24, 2.45) is 0 Å². The topological polar surface area (TPSA) is 45.8 Å². The molecular formula is C31H45N3O2. The molecule has 0 atom stereocenters. The molecule has 0 amide bonds. The summed E-state index contributed by atoms with van der Waals surface area (Å²) >= 11 is 0. The van der Waals surface area contributed by atoms with Gasteiger partial charge in [0.2, 0.25) is 0 Å². The van der Waals surface area contributed by atoms with E-state index in [1.165, 1.54) is 17.1 Å². The molecule has 1 aliphatic heterocycles. The van der Waals surface area contributed by atoms with Gasteiger partial charge in [-0.1, -0.05) is 36.4 Å². The summed E-state index contributed by atoms with van der Waals surface area (Å²) in [6.45, 7) is 16.6. The predicted octanol–water partition coefficient (Wildman–Crippen LogP) is 7.33. The van der Waals surface area contributed by atoms with E-state index < -0.39 is 0 Å². The molecule has 3 aromatic carbocycles. The Bertz CT molecular complexity index is 957. The lowest BCUT2D eigenvalue weighted by Gasteiger charge is -2.29. The Labute approximate surface area is 218 Å². The first-order chi connectivity index (χ1) is 17.1. The van der Waals surface area contributed by atoms with Crippen LogP contribution in [0.1, 0.15) is 41.5 Å². The minimum atomic E-state index is 0.112. The summed E-state index contributed by atoms with van der Waals surface area (Å²) in [6, 6.07) is 28.6. The fourth-order valence-electron chi connectivity index (χ4n) is 3.52. The predicted molar refractivity (Wildman–Crippen MR) is 156 cm³/mol. The van der Waals surface area contributed by atoms with Crippen LogP contribution in [0.4, 0.5) is 17.1 Å². The van der Waals surface area contributed by atoms with Gasteiger partial charge in [0.05, 0.1) is 20.3 Å². The molecule has 2 N–H and O–H groups in total. The number of rotatable bonds is 4. The lowest BCUT2D eigenvalue weighted by atomic mass is 10.1. The Hall–Kier alpha value is -3.18. The summed E-state index contributed by atoms with van der Waals surface area (Å²) in [5.41, 5.74) is 3.91. The average molecular weight is 492 g/mol. The maximum absolute atomic E-state index is 5.36. The zero-order chi connectivity index (χ0) is 26.4. The van der Waals surface area contributed by atoms with Crippen molar-refractivity contribution in [3.63, 3.8) is 0 Å². The summed E-state index contributed by atoms with van der Waals surface area (Å²) in [4.78, 5) is 2.37. The van der Waals surface area contributed by atoms with Crippen LogP contribution >= 0.6 is 0 Å². The lowest BCUT2D eigenvalue weighted by molar-refractivity contribution is 0.122. The summed E-state index contributed by atoms with van der Waals surface area (Å²) in [7, 11) is 1.66. The van der Waals surface area contributed by atoms with Gasteiger partial charge in [-0.25, -0.2) is 0 Å². The van der Waals surface area contributed by atoms with E-state index in [0.717, 1.165) is 32.1 Å². The van der Waals surface area contributed by atoms with Gasteiger partial charge in [0.25, 0.3) is 0 Å². The molecule has 5 nitrogen and oxygen atoms in total. The van der Waals surface area contributed by atoms with Gasteiger partial charge in [0.15, 0.2) is 0 Å². The Morgan fingerprint density at radius 1 is 0.639 bits per heavy atom. The third-order valence-corrected chi connectivity index (χ3v) is 5.03. The number of nitrogens with one attached hydrogen (secondary N) is 2. The van der Waals surface area contributed by atoms with E-state index >= 15 is 0 Å². The van der Waals surface area contributed by atoms with Gasteiger partial charge in [-0.3, -0.25) is 0 Å². The van der Waals surface area contributed by atoms with Gasteiger partial charge in [0, 0.05) is 41.2 Å². The Morgan fingerprint density at radius 2 is 1.08 bits per heavy atom. The molecule has 1 heterocycles. The number of anilines is 3. The molecule has 36 heavy (non-hydrogen) atoms. The van der Waals surface area contributed by atoms with Crippen molar-refractivity contribution in [1.82, 2.24) is 0 Å². The fourth-order valence-corrected chi connectivity index (χ4v) is 3.52. The maximum Gasteiger partial charge on any atom is 0.118 e. The number of ether oxygens (including phenoxy) is 2. The molecule has 1 saturated heterocycles. The van der Waals surface area contributed by atoms with E-state index in [1.54, 1.807) is 7.11 Å². The number of methoxy groups -OCH3 is 1. The number of para-hydroxylation sites is 2. The van der Waals surface area contributed by atoms with E-state index in [2.05, 4.69) is 93.5 Å². The molecule has 0 bridgehead atoms. The SMILES string of the molecule is CC(C)(C)Nc1ccc(N2CCOCC2)cc1.CC(C)(C)Nc1ccccc1.COc1ccccc1. The van der Waals surface area contributed by atoms with Crippen molar-refractivity contribution in [3.8, 4) is 5.75 Å². The highest BCUT2D eigenvalue weighted by atomic mass is 16.5. The lowest BCUT2D eigenvalue weighted by Crippen LogP contribution is -2.36. The molecule has 0 aromatic heterocycles. The molecule has 0 radical (unpaired) electrons. The van der Waals surface area contributed by atoms with Crippen LogP contribution in [0.5, 0.6) is 5.75 Å². The van der Waals surface area contributed by atoms with Crippen molar-refractivity contribution in [2.75, 3.05) is 48.9 Å². The molecule has 1 aliphatic rings. The highest BCUT2D eigenvalue weighted by Gasteiger charge is 2.12. The second-order valence-electron chi connectivity index (χ2n) is 10.8. The third-order valence-electron chi connectivity index (χ3n) is 5.03. The molecule has 1 fully saturated rings. The molecule has 0 spiro atoms. The fraction of sp³-hybridized carbons (Fsp3) is 0.419. The van der Waals surface area contributed by atoms with Gasteiger partial charge in [0.1, 0.15) is 5.75 Å². The third kappa shape index (κ3) is 12.5. The van der Waals surface area contributed by atoms with E-state index in [1.807, 2.05) is 48.5 Å². The smallest absolute Gasteiger partial charge is 0.118 e. The normalized spacial score (nSPS) is 13.4. The van der Waals surface area contributed by atoms with E-state index in [9.17, 15) is 0 Å². The number of benzene rings is 3. The van der Waals surface area contributed by atoms with Crippen LogP contribution < -0.4 is 20.3 Å². The van der Waals surface area contributed by atoms with E-state index in [-0.39, 0.29) is 11.1 Å². The molecular weight excluding hydrogens is 446 g/mol. The Balaban J connectivity index is 0.000000206. The Morgan fingerprint density at radius 3 is 1.50 bits per heavy atom. The monoisotopic (exact) mass is 491 g/mol. The summed E-state index contributed by atoms with van der Waals surface area (Å²) in [5, 5.41) is 6.85. The van der Waals surface area contributed by atoms with Crippen LogP contribution in [0.2, 0.25) is 0 Å². The number of hydrogen-bond acceptors (Lipinski definition) is 5. The number of nitrogens with zero attached hydrogens (tertiary/aromatic N) is 1. The van der Waals surface area contributed by atoms with E-state index in [4.69, 9.17) is 9.47 Å². The summed E-state index contributed by atoms with van der Waals surface area (Å²) in [5.74, 6) is 0.910. The molecule has 196 valence electrons. The first-order valence-corrected chi connectivity index (χ1v) is 12.7. The highest BCUT2D eigenvalue weighted by molar-refractivity contribution is 5.56. The van der Waals surface area contributed by atoms with Crippen molar-refractivity contribution >= 4 is 17.1 Å². The Kier molecular flexibility index (Phi) is 11.6. The molecule has 5 heteroatoms. The van der Waals surface area contributed by atoms with Crippen LogP contribution in [0, 0.1) is 0 Å². The van der Waals surface area contributed by atoms with Gasteiger partial charge >= 0.3 is 0 Å². The second-order valence-corrected chi connectivity index (χ2v) is 10.8. The molecule has 0 unspecified atom stereocenters. The van der Waals surface area contributed by atoms with Crippen molar-refractivity contribution in [2.45, 2.75) is 52.6 Å². The van der Waals surface area contributed by atoms with Crippen LogP contribution in [0.3, 0.4) is 0 Å². The van der Waals surface area contributed by atoms with Crippen LogP contribution in [-0.4, -0.2) is 44.5 Å². The second kappa shape index (κ2) is 14.4. The van der Waals surface area contributed by atoms with Crippen molar-refractivity contribution in [1.29, 1.82) is 0 Å². The van der Waals surface area contributed by atoms with E-state index in [0.29, 0.717) is 0 Å². The van der Waals surface area contributed by atoms with Crippen LogP contribution in [-0.2, 0) is 4.74 Å². The minimum absolute atomic E-state index is 0.112. The molecule has 4 rings (SSSR count).